The van der Waals surface area contributed by atoms with Crippen molar-refractivity contribution in [1.29, 1.82) is 0 Å². The molecule has 0 aliphatic carbocycles. The predicted molar refractivity (Wildman–Crippen MR) is 387 cm³/mol. The Morgan fingerprint density at radius 1 is 0.167 bits per heavy atom. The molecule has 0 radical (unpaired) electrons. The van der Waals surface area contributed by atoms with E-state index in [1.54, 1.807) is 0 Å². The number of para-hydroxylation sites is 6. The lowest BCUT2D eigenvalue weighted by atomic mass is 10.00. The van der Waals surface area contributed by atoms with E-state index in [4.69, 9.17) is 30.6 Å². The minimum absolute atomic E-state index is 0.716. The largest absolute Gasteiger partial charge is 0.308 e. The second-order valence-corrected chi connectivity index (χ2v) is 24.0. The van der Waals surface area contributed by atoms with Gasteiger partial charge in [0.2, 0.25) is 0 Å². The van der Waals surface area contributed by atoms with E-state index in [-0.39, 0.29) is 0 Å². The van der Waals surface area contributed by atoms with Gasteiger partial charge in [0.15, 0.2) is 34.9 Å². The molecule has 19 aromatic rings. The third kappa shape index (κ3) is 8.56. The average molecular weight is 1230 g/mol. The fourth-order valence-electron chi connectivity index (χ4n) is 14.5. The molecule has 19 rings (SSSR count). The van der Waals surface area contributed by atoms with Crippen LogP contribution in [0.2, 0.25) is 0 Å². The Labute approximate surface area is 550 Å². The summed E-state index contributed by atoms with van der Waals surface area (Å²) in [5.74, 6) is 4.38. The van der Waals surface area contributed by atoms with Crippen LogP contribution >= 0.6 is 0 Å². The zero-order chi connectivity index (χ0) is 63.2. The molecule has 0 unspecified atom stereocenters. The molecule has 0 aliphatic rings. The molecule has 6 heterocycles. The van der Waals surface area contributed by atoms with Crippen molar-refractivity contribution < 1.29 is 0 Å². The number of rotatable bonds is 12. The van der Waals surface area contributed by atoms with Crippen LogP contribution in [0.25, 0.3) is 168 Å². The molecule has 0 saturated carbocycles. The number of fused-ring (bicyclic) bond motifs is 12. The van der Waals surface area contributed by atoms with E-state index in [0.29, 0.717) is 17.5 Å². The van der Waals surface area contributed by atoms with Crippen LogP contribution in [-0.2, 0) is 0 Å². The molecule has 0 bridgehead atoms. The minimum atomic E-state index is 0.716. The number of hydrogen-bond donors (Lipinski definition) is 0. The molecule has 12 nitrogen and oxygen atoms in total. The van der Waals surface area contributed by atoms with E-state index >= 15 is 0 Å². The summed E-state index contributed by atoms with van der Waals surface area (Å²) in [6, 6.07) is 115. The maximum atomic E-state index is 5.13. The molecular formula is C84H54N12. The maximum absolute atomic E-state index is 5.13. The Morgan fingerprint density at radius 2 is 0.354 bits per heavy atom. The second kappa shape index (κ2) is 22.2. The van der Waals surface area contributed by atoms with Gasteiger partial charge < -0.3 is 13.7 Å². The smallest absolute Gasteiger partial charge is 0.168 e. The van der Waals surface area contributed by atoms with E-state index in [2.05, 4.69) is 319 Å². The summed E-state index contributed by atoms with van der Waals surface area (Å²) in [5.41, 5.74) is 17.7. The molecule has 450 valence electrons. The van der Waals surface area contributed by atoms with Gasteiger partial charge in [-0.2, -0.15) is 0 Å². The topological polar surface area (TPSA) is 107 Å². The highest BCUT2D eigenvalue weighted by atomic mass is 15.3. The lowest BCUT2D eigenvalue weighted by Gasteiger charge is -2.13. The van der Waals surface area contributed by atoms with Gasteiger partial charge >= 0.3 is 0 Å². The SMILES string of the molecule is c1ccc(-c2nnc(-c3ccc4c(c3)c3c(c5c6cc(-c7nnc(-c8ccccc8)n7-c7ccccc7)ccc6n(-c6ccccc6)c5c5c6cc(-c7nnc(-c8ccccc8)n7-c7ccccc7)ccc6n(-c6ccccc6)c35)n4-c3ccccc3)n2-c2ccccc2)cc1. The molecule has 0 atom stereocenters. The van der Waals surface area contributed by atoms with Crippen LogP contribution in [0.4, 0.5) is 0 Å². The van der Waals surface area contributed by atoms with Crippen LogP contribution in [0.5, 0.6) is 0 Å². The summed E-state index contributed by atoms with van der Waals surface area (Å²) in [7, 11) is 0. The number of hydrogen-bond acceptors (Lipinski definition) is 6. The Kier molecular flexibility index (Phi) is 12.6. The minimum Gasteiger partial charge on any atom is -0.308 e. The number of aromatic nitrogens is 12. The third-order valence-electron chi connectivity index (χ3n) is 18.6. The molecule has 13 aromatic carbocycles. The van der Waals surface area contributed by atoms with Crippen LogP contribution in [0.15, 0.2) is 328 Å². The van der Waals surface area contributed by atoms with Crippen molar-refractivity contribution in [1.82, 2.24) is 58.0 Å². The molecule has 0 N–H and O–H groups in total. The van der Waals surface area contributed by atoms with E-state index in [9.17, 15) is 0 Å². The fourth-order valence-corrected chi connectivity index (χ4v) is 14.5. The van der Waals surface area contributed by atoms with Gasteiger partial charge in [0.05, 0.1) is 33.1 Å². The van der Waals surface area contributed by atoms with Crippen molar-refractivity contribution in [3.63, 3.8) is 0 Å². The first-order valence-electron chi connectivity index (χ1n) is 32.1. The van der Waals surface area contributed by atoms with Gasteiger partial charge in [0, 0.05) is 99.8 Å². The van der Waals surface area contributed by atoms with Crippen LogP contribution in [0.3, 0.4) is 0 Å². The number of benzene rings is 13. The predicted octanol–water partition coefficient (Wildman–Crippen LogP) is 19.7. The highest BCUT2D eigenvalue weighted by Crippen LogP contribution is 2.52. The van der Waals surface area contributed by atoms with Crippen molar-refractivity contribution in [3.8, 4) is 102 Å². The normalized spacial score (nSPS) is 11.8. The quantitative estimate of drug-likeness (QED) is 0.121. The van der Waals surface area contributed by atoms with Gasteiger partial charge in [-0.05, 0) is 127 Å². The molecule has 0 fully saturated rings. The monoisotopic (exact) mass is 1230 g/mol. The fraction of sp³-hybridized carbons (Fsp3) is 0. The molecule has 0 aliphatic heterocycles. The molecule has 0 spiro atoms. The number of nitrogens with zero attached hydrogens (tertiary/aromatic N) is 12. The zero-order valence-electron chi connectivity index (χ0n) is 51.5. The van der Waals surface area contributed by atoms with Crippen molar-refractivity contribution in [3.05, 3.63) is 328 Å². The van der Waals surface area contributed by atoms with Gasteiger partial charge in [-0.1, -0.05) is 200 Å². The standard InChI is InChI=1S/C84H54N12/c1-10-28-55(29-11-1)79-85-88-82(94(79)64-40-22-7-23-41-64)58-46-49-70-67(52-58)73-76(91(70)61-34-16-4-17-35-61)74-69-54-60(84-90-87-81(57-32-14-3-15-33-57)96(84)66-44-26-9-27-45-66)48-51-72(69)93(63-38-20-6-21-39-63)78(74)75-68-53-59(47-50-71(68)92(77(73)75)62-36-18-5-19-37-62)83-89-86-80(56-30-12-2-13-31-56)95(83)65-42-24-8-25-43-65/h1-54H. The zero-order valence-corrected chi connectivity index (χ0v) is 51.5. The average Bonchev–Trinajstić information content (AvgIpc) is 1.50. The first-order chi connectivity index (χ1) is 47.7. The van der Waals surface area contributed by atoms with E-state index in [1.807, 2.05) is 36.4 Å². The summed E-state index contributed by atoms with van der Waals surface area (Å²) in [6.45, 7) is 0. The van der Waals surface area contributed by atoms with Crippen molar-refractivity contribution >= 4 is 65.4 Å². The Morgan fingerprint density at radius 3 is 0.573 bits per heavy atom. The summed E-state index contributed by atoms with van der Waals surface area (Å²) in [4.78, 5) is 0. The van der Waals surface area contributed by atoms with Crippen LogP contribution in [0.1, 0.15) is 0 Å². The molecule has 12 heteroatoms. The van der Waals surface area contributed by atoms with E-state index < -0.39 is 0 Å². The summed E-state index contributed by atoms with van der Waals surface area (Å²) < 4.78 is 14.0. The van der Waals surface area contributed by atoms with Gasteiger partial charge in [0.1, 0.15) is 0 Å². The first-order valence-corrected chi connectivity index (χ1v) is 32.1. The highest BCUT2D eigenvalue weighted by Gasteiger charge is 2.32. The second-order valence-electron chi connectivity index (χ2n) is 24.0. The Balaban J connectivity index is 1.02. The lowest BCUT2D eigenvalue weighted by Crippen LogP contribution is -2.00. The summed E-state index contributed by atoms with van der Waals surface area (Å²) in [6.07, 6.45) is 0. The summed E-state index contributed by atoms with van der Waals surface area (Å²) >= 11 is 0. The van der Waals surface area contributed by atoms with Crippen molar-refractivity contribution in [2.75, 3.05) is 0 Å². The molecule has 0 amide bonds. The highest BCUT2D eigenvalue weighted by molar-refractivity contribution is 6.40. The van der Waals surface area contributed by atoms with Gasteiger partial charge in [0.25, 0.3) is 0 Å². The van der Waals surface area contributed by atoms with Crippen LogP contribution in [-0.4, -0.2) is 58.0 Å². The molecular weight excluding hydrogens is 1180 g/mol. The Hall–Kier alpha value is -13.3. The third-order valence-corrected chi connectivity index (χ3v) is 18.6. The molecule has 0 saturated heterocycles. The van der Waals surface area contributed by atoms with Crippen LogP contribution < -0.4 is 0 Å². The van der Waals surface area contributed by atoms with Crippen molar-refractivity contribution in [2.45, 2.75) is 0 Å². The van der Waals surface area contributed by atoms with Gasteiger partial charge in [-0.3, -0.25) is 13.7 Å². The summed E-state index contributed by atoms with van der Waals surface area (Å²) in [5, 5.41) is 36.7. The Bertz CT molecular complexity index is 5510. The van der Waals surface area contributed by atoms with Crippen LogP contribution in [0, 0.1) is 0 Å². The van der Waals surface area contributed by atoms with Crippen molar-refractivity contribution in [2.24, 2.45) is 0 Å². The van der Waals surface area contributed by atoms with Gasteiger partial charge in [-0.15, -0.1) is 30.6 Å². The first kappa shape index (κ1) is 54.4. The van der Waals surface area contributed by atoms with Gasteiger partial charge in [-0.25, -0.2) is 0 Å². The lowest BCUT2D eigenvalue weighted by molar-refractivity contribution is 1.07. The molecule has 6 aromatic heterocycles. The van der Waals surface area contributed by atoms with E-state index in [0.717, 1.165) is 150 Å². The maximum Gasteiger partial charge on any atom is 0.168 e. The van der Waals surface area contributed by atoms with E-state index in [1.165, 1.54) is 0 Å². The molecule has 96 heavy (non-hydrogen) atoms.